The number of carbonyl (C=O) groups is 2. The van der Waals surface area contributed by atoms with Crippen LogP contribution in [-0.2, 0) is 11.2 Å². The summed E-state index contributed by atoms with van der Waals surface area (Å²) in [6, 6.07) is 18.9. The first-order chi connectivity index (χ1) is 19.5. The number of aromatic nitrogens is 1. The molecule has 204 valence electrons. The van der Waals surface area contributed by atoms with Crippen molar-refractivity contribution in [3.63, 3.8) is 0 Å². The lowest BCUT2D eigenvalue weighted by atomic mass is 10.0. The molecule has 1 atom stereocenters. The van der Waals surface area contributed by atoms with E-state index in [0.29, 0.717) is 80.1 Å². The van der Waals surface area contributed by atoms with Crippen molar-refractivity contribution in [2.75, 3.05) is 31.5 Å². The molecule has 0 spiro atoms. The van der Waals surface area contributed by atoms with E-state index >= 15 is 0 Å². The maximum Gasteiger partial charge on any atom is 0.302 e. The van der Waals surface area contributed by atoms with E-state index in [1.165, 1.54) is 12.1 Å². The van der Waals surface area contributed by atoms with E-state index in [4.69, 9.17) is 5.39 Å². The molecule has 0 unspecified atom stereocenters. The smallest absolute Gasteiger partial charge is 0.302 e. The van der Waals surface area contributed by atoms with Gasteiger partial charge in [-0.05, 0) is 60.6 Å². The number of hydrogen-bond donors (Lipinski definition) is 3. The monoisotopic (exact) mass is 541 g/mol. The molecule has 40 heavy (non-hydrogen) atoms. The Morgan fingerprint density at radius 2 is 2.00 bits per heavy atom. The summed E-state index contributed by atoms with van der Waals surface area (Å²) in [6.07, 6.45) is 2.20. The summed E-state index contributed by atoms with van der Waals surface area (Å²) in [4.78, 5) is 31.8. The Morgan fingerprint density at radius 1 is 1.15 bits per heavy atom. The minimum Gasteiger partial charge on any atom is -0.369 e. The van der Waals surface area contributed by atoms with E-state index in [2.05, 4.69) is 32.2 Å². The van der Waals surface area contributed by atoms with Crippen LogP contribution in [-0.4, -0.2) is 53.9 Å². The van der Waals surface area contributed by atoms with E-state index in [-0.39, 0.29) is 23.7 Å². The van der Waals surface area contributed by atoms with Crippen LogP contribution in [0.3, 0.4) is 0 Å². The fourth-order valence-electron chi connectivity index (χ4n) is 4.75. The van der Waals surface area contributed by atoms with Crippen molar-refractivity contribution in [2.24, 2.45) is 0 Å². The zero-order chi connectivity index (χ0) is 28.3. The molecule has 1 fully saturated rings. The quantitative estimate of drug-likeness (QED) is 0.180. The van der Waals surface area contributed by atoms with Gasteiger partial charge in [0, 0.05) is 31.6 Å². The average molecular weight is 542 g/mol. The first kappa shape index (κ1) is 28.0. The van der Waals surface area contributed by atoms with Crippen LogP contribution in [0.5, 0.6) is 0 Å². The molecule has 2 heterocycles. The molecule has 3 N–H and O–H groups in total. The van der Waals surface area contributed by atoms with Crippen molar-refractivity contribution in [2.45, 2.75) is 31.7 Å². The van der Waals surface area contributed by atoms with Crippen LogP contribution in [0.4, 0.5) is 10.2 Å². The lowest BCUT2D eigenvalue weighted by Crippen LogP contribution is -2.40. The van der Waals surface area contributed by atoms with Gasteiger partial charge in [-0.15, -0.1) is 0 Å². The molecule has 2 aromatic carbocycles. The van der Waals surface area contributed by atoms with Crippen LogP contribution in [0.25, 0.3) is 16.3 Å². The van der Waals surface area contributed by atoms with Gasteiger partial charge in [-0.1, -0.05) is 30.3 Å². The van der Waals surface area contributed by atoms with Crippen LogP contribution < -0.4 is 16.1 Å². The second-order valence-electron chi connectivity index (χ2n) is 9.41. The van der Waals surface area contributed by atoms with Crippen LogP contribution in [0.1, 0.15) is 40.7 Å². The van der Waals surface area contributed by atoms with Crippen molar-refractivity contribution in [3.8, 4) is 17.3 Å². The van der Waals surface area contributed by atoms with Gasteiger partial charge in [0.25, 0.3) is 11.3 Å². The van der Waals surface area contributed by atoms with Crippen LogP contribution in [0.15, 0.2) is 60.7 Å². The second-order valence-corrected chi connectivity index (χ2v) is 9.41. The number of nitrogens with one attached hydrogen (secondary N) is 3. The number of anilines is 1. The molecule has 3 aromatic rings. The Bertz CT molecular complexity index is 1450. The minimum atomic E-state index is -0.328. The maximum absolute atomic E-state index is 13.6. The molecule has 0 saturated carbocycles. The lowest BCUT2D eigenvalue weighted by molar-refractivity contribution is -0.128. The van der Waals surface area contributed by atoms with Gasteiger partial charge in [0.15, 0.2) is 0 Å². The van der Waals surface area contributed by atoms with Crippen molar-refractivity contribution in [1.82, 2.24) is 20.6 Å². The molecule has 1 aliphatic heterocycles. The number of nitriles is 1. The molecule has 1 saturated heterocycles. The number of rotatable bonds is 12. The third-order valence-corrected chi connectivity index (χ3v) is 6.77. The largest absolute Gasteiger partial charge is 0.369 e. The van der Waals surface area contributed by atoms with Gasteiger partial charge in [0.1, 0.15) is 18.2 Å². The summed E-state index contributed by atoms with van der Waals surface area (Å²) >= 11 is 0. The number of amides is 2. The number of benzene rings is 2. The fraction of sp³-hybridized carbons (Fsp3) is 0.310. The summed E-state index contributed by atoms with van der Waals surface area (Å²) in [6.45, 7) is 1.59. The maximum atomic E-state index is 13.6. The van der Waals surface area contributed by atoms with E-state index in [9.17, 15) is 19.2 Å². The Morgan fingerprint density at radius 3 is 2.80 bits per heavy atom. The summed E-state index contributed by atoms with van der Waals surface area (Å²) in [7, 11) is 0. The highest BCUT2D eigenvalue weighted by Crippen LogP contribution is 2.25. The van der Waals surface area contributed by atoms with Gasteiger partial charge in [0.2, 0.25) is 5.91 Å². The SMILES string of the molecule is N#Cc1ccccc1-c1ccc(C(=O)NCCCN2C(=O)CC[C@H]2CN[N+]#N)c(NCCc2cccc(F)c2)n1. The number of nitrogens with zero attached hydrogens (tertiary/aromatic N) is 5. The van der Waals surface area contributed by atoms with Crippen molar-refractivity contribution < 1.29 is 14.0 Å². The van der Waals surface area contributed by atoms with Crippen LogP contribution in [0, 0.1) is 22.5 Å². The normalized spacial score (nSPS) is 14.3. The molecule has 2 amide bonds. The number of hydrogen-bond acceptors (Lipinski definition) is 7. The first-order valence-electron chi connectivity index (χ1n) is 13.1. The Hall–Kier alpha value is -5.03. The molecule has 1 aromatic heterocycles. The standard InChI is InChI=1S/C29H29FN8O2/c30-22-7-3-5-20(17-22)13-15-33-28-25(10-11-26(36-28)24-8-2-1-6-21(24)18-31)29(40)34-14-4-16-38-23(19-35-37-32)9-12-27(38)39/h1-3,5-8,10-11,17,23,35H,4,9,12-16,19H2,(H-,33,34,36,40)/p+1/t23-/m0/s1. The number of halogens is 1. The molecule has 4 rings (SSSR count). The van der Waals surface area contributed by atoms with Crippen molar-refractivity contribution >= 4 is 17.6 Å². The molecule has 0 radical (unpaired) electrons. The summed E-state index contributed by atoms with van der Waals surface area (Å²) < 4.78 is 13.6. The van der Waals surface area contributed by atoms with Gasteiger partial charge < -0.3 is 15.5 Å². The first-order valence-corrected chi connectivity index (χ1v) is 13.1. The zero-order valence-corrected chi connectivity index (χ0v) is 21.9. The molecule has 1 aliphatic rings. The minimum absolute atomic E-state index is 0.0401. The highest BCUT2D eigenvalue weighted by atomic mass is 19.1. The summed E-state index contributed by atoms with van der Waals surface area (Å²) in [5, 5.41) is 27.2. The number of likely N-dealkylation sites (tertiary alicyclic amines) is 1. The van der Waals surface area contributed by atoms with Gasteiger partial charge >= 0.3 is 5.08 Å². The Labute approximate surface area is 231 Å². The Balaban J connectivity index is 1.44. The van der Waals surface area contributed by atoms with Crippen molar-refractivity contribution in [3.05, 3.63) is 88.3 Å². The van der Waals surface area contributed by atoms with Crippen molar-refractivity contribution in [1.29, 1.82) is 10.7 Å². The van der Waals surface area contributed by atoms with E-state index in [0.717, 1.165) is 5.56 Å². The molecule has 10 nitrogen and oxygen atoms in total. The molecule has 11 heteroatoms. The third-order valence-electron chi connectivity index (χ3n) is 6.77. The third kappa shape index (κ3) is 7.08. The highest BCUT2D eigenvalue weighted by molar-refractivity contribution is 5.99. The summed E-state index contributed by atoms with van der Waals surface area (Å²) in [5.41, 5.74) is 5.30. The molecular weight excluding hydrogens is 511 g/mol. The van der Waals surface area contributed by atoms with Gasteiger partial charge in [0.05, 0.1) is 28.9 Å². The number of pyridine rings is 1. The molecule has 0 bridgehead atoms. The number of diazo groups is 1. The van der Waals surface area contributed by atoms with Crippen LogP contribution >= 0.6 is 0 Å². The van der Waals surface area contributed by atoms with E-state index in [1.54, 1.807) is 41.3 Å². The number of carbonyl (C=O) groups excluding carboxylic acids is 2. The molecular formula is C29H30FN8O2+. The van der Waals surface area contributed by atoms with Gasteiger partial charge in [-0.3, -0.25) is 9.59 Å². The second kappa shape index (κ2) is 13.7. The lowest BCUT2D eigenvalue weighted by Gasteiger charge is -2.23. The van der Waals surface area contributed by atoms with Gasteiger partial charge in [-0.2, -0.15) is 5.26 Å². The predicted molar refractivity (Wildman–Crippen MR) is 148 cm³/mol. The van der Waals surface area contributed by atoms with Crippen LogP contribution in [0.2, 0.25) is 0 Å². The topological polar surface area (TPSA) is 138 Å². The predicted octanol–water partition coefficient (Wildman–Crippen LogP) is 3.88. The summed E-state index contributed by atoms with van der Waals surface area (Å²) in [5.74, 6) is -0.246. The molecule has 0 aliphatic carbocycles. The highest BCUT2D eigenvalue weighted by Gasteiger charge is 2.31. The Kier molecular flexibility index (Phi) is 9.57. The van der Waals surface area contributed by atoms with Gasteiger partial charge in [-0.25, -0.2) is 9.37 Å². The zero-order valence-electron chi connectivity index (χ0n) is 21.9. The van der Waals surface area contributed by atoms with E-state index < -0.39 is 0 Å². The average Bonchev–Trinajstić information content (AvgIpc) is 3.32. The van der Waals surface area contributed by atoms with E-state index in [1.807, 2.05) is 12.1 Å². The fourth-order valence-corrected chi connectivity index (χ4v) is 4.75.